The van der Waals surface area contributed by atoms with E-state index in [-0.39, 0.29) is 21.9 Å². The first kappa shape index (κ1) is 21.5. The van der Waals surface area contributed by atoms with Crippen molar-refractivity contribution in [2.45, 2.75) is 36.1 Å². The summed E-state index contributed by atoms with van der Waals surface area (Å²) in [5, 5.41) is 8.44. The molecule has 3 rings (SSSR count). The van der Waals surface area contributed by atoms with E-state index < -0.39 is 10.0 Å². The summed E-state index contributed by atoms with van der Waals surface area (Å²) in [5.74, 6) is -0.0408. The van der Waals surface area contributed by atoms with Crippen LogP contribution in [0.1, 0.15) is 31.6 Å². The molecule has 1 unspecified atom stereocenters. The van der Waals surface area contributed by atoms with E-state index in [1.165, 1.54) is 28.2 Å². The molecule has 0 spiro atoms. The first-order chi connectivity index (χ1) is 13.8. The fourth-order valence-corrected chi connectivity index (χ4v) is 5.14. The minimum atomic E-state index is -3.58. The highest BCUT2D eigenvalue weighted by molar-refractivity contribution is 7.99. The fraction of sp³-hybridized carbons (Fsp3) is 0.300. The third-order valence-electron chi connectivity index (χ3n) is 4.45. The van der Waals surface area contributed by atoms with E-state index in [0.717, 1.165) is 5.56 Å². The zero-order valence-electron chi connectivity index (χ0n) is 16.4. The molecule has 0 N–H and O–H groups in total. The van der Waals surface area contributed by atoms with Gasteiger partial charge in [0.2, 0.25) is 15.9 Å². The van der Waals surface area contributed by atoms with Crippen LogP contribution in [-0.2, 0) is 10.0 Å². The molecule has 0 aliphatic rings. The Labute approximate surface area is 174 Å². The van der Waals surface area contributed by atoms with Gasteiger partial charge >= 0.3 is 0 Å². The number of nitrogens with zero attached hydrogens (tertiary/aromatic N) is 3. The number of aromatic nitrogens is 2. The highest BCUT2D eigenvalue weighted by Gasteiger charge is 2.23. The van der Waals surface area contributed by atoms with E-state index >= 15 is 0 Å². The van der Waals surface area contributed by atoms with E-state index in [4.69, 9.17) is 4.42 Å². The van der Waals surface area contributed by atoms with Crippen LogP contribution in [-0.4, -0.2) is 36.0 Å². The Hall–Kier alpha value is -2.23. The maximum absolute atomic E-state index is 13.1. The summed E-state index contributed by atoms with van der Waals surface area (Å²) in [7, 11) is -3.58. The number of hydrogen-bond donors (Lipinski definition) is 0. The summed E-state index contributed by atoms with van der Waals surface area (Å²) in [6.07, 6.45) is 0. The quantitative estimate of drug-likeness (QED) is 0.475. The second-order valence-corrected chi connectivity index (χ2v) is 9.53. The van der Waals surface area contributed by atoms with Crippen LogP contribution < -0.4 is 0 Å². The minimum absolute atomic E-state index is 0.0155. The lowest BCUT2D eigenvalue weighted by Gasteiger charge is -2.18. The van der Waals surface area contributed by atoms with Crippen molar-refractivity contribution in [2.24, 2.45) is 0 Å². The number of hydrogen-bond acceptors (Lipinski definition) is 6. The average Bonchev–Trinajstić information content (AvgIpc) is 3.18. The first-order valence-corrected chi connectivity index (χ1v) is 11.5. The van der Waals surface area contributed by atoms with Gasteiger partial charge in [-0.15, -0.1) is 10.2 Å². The van der Waals surface area contributed by atoms with Crippen molar-refractivity contribution in [1.29, 1.82) is 0 Å². The summed E-state index contributed by atoms with van der Waals surface area (Å²) < 4.78 is 45.7. The van der Waals surface area contributed by atoms with Gasteiger partial charge in [-0.25, -0.2) is 12.8 Å². The summed E-state index contributed by atoms with van der Waals surface area (Å²) in [4.78, 5) is 0.186. The molecule has 0 aliphatic heterocycles. The van der Waals surface area contributed by atoms with Crippen molar-refractivity contribution in [3.63, 3.8) is 0 Å². The Balaban J connectivity index is 1.81. The van der Waals surface area contributed by atoms with Gasteiger partial charge < -0.3 is 4.42 Å². The lowest BCUT2D eigenvalue weighted by molar-refractivity contribution is 0.445. The van der Waals surface area contributed by atoms with Crippen molar-refractivity contribution in [3.05, 3.63) is 59.9 Å². The largest absolute Gasteiger partial charge is 0.411 e. The Bertz CT molecular complexity index is 1060. The molecule has 1 heterocycles. The second kappa shape index (κ2) is 9.06. The number of sulfonamides is 1. The standard InChI is InChI=1S/C20H22FN3O3S2/c1-4-24(5-2)29(25,26)18-8-6-7-16(13-18)19-22-23-20(27-19)28-14(3)15-9-11-17(21)12-10-15/h6-14H,4-5H2,1-3H3. The van der Waals surface area contributed by atoms with Gasteiger partial charge in [0.1, 0.15) is 5.82 Å². The molecule has 0 saturated carbocycles. The van der Waals surface area contributed by atoms with E-state index in [0.29, 0.717) is 23.9 Å². The number of halogens is 1. The highest BCUT2D eigenvalue weighted by atomic mass is 32.2. The predicted octanol–water partition coefficient (Wildman–Crippen LogP) is 4.76. The zero-order chi connectivity index (χ0) is 21.0. The molecule has 3 aromatic rings. The number of rotatable bonds is 8. The number of thioether (sulfide) groups is 1. The van der Waals surface area contributed by atoms with Crippen molar-refractivity contribution < 1.29 is 17.2 Å². The van der Waals surface area contributed by atoms with Gasteiger partial charge in [0, 0.05) is 23.9 Å². The summed E-state index contributed by atoms with van der Waals surface area (Å²) in [6.45, 7) is 6.35. The molecule has 2 aromatic carbocycles. The summed E-state index contributed by atoms with van der Waals surface area (Å²) in [6, 6.07) is 12.7. The van der Waals surface area contributed by atoms with Crippen molar-refractivity contribution in [2.75, 3.05) is 13.1 Å². The molecule has 1 atom stereocenters. The van der Waals surface area contributed by atoms with Gasteiger partial charge in [-0.1, -0.05) is 43.8 Å². The zero-order valence-corrected chi connectivity index (χ0v) is 18.0. The monoisotopic (exact) mass is 435 g/mol. The molecule has 0 amide bonds. The van der Waals surface area contributed by atoms with Gasteiger partial charge in [-0.3, -0.25) is 0 Å². The molecule has 29 heavy (non-hydrogen) atoms. The number of benzene rings is 2. The van der Waals surface area contributed by atoms with Crippen molar-refractivity contribution >= 4 is 21.8 Å². The smallest absolute Gasteiger partial charge is 0.277 e. The third kappa shape index (κ3) is 4.85. The van der Waals surface area contributed by atoms with E-state index in [9.17, 15) is 12.8 Å². The van der Waals surface area contributed by atoms with E-state index in [2.05, 4.69) is 10.2 Å². The second-order valence-electron chi connectivity index (χ2n) is 6.30. The fourth-order valence-electron chi connectivity index (χ4n) is 2.83. The van der Waals surface area contributed by atoms with Crippen LogP contribution in [0.15, 0.2) is 63.1 Å². The average molecular weight is 436 g/mol. The van der Waals surface area contributed by atoms with Gasteiger partial charge in [0.15, 0.2) is 0 Å². The molecule has 6 nitrogen and oxygen atoms in total. The maximum Gasteiger partial charge on any atom is 0.277 e. The SMILES string of the molecule is CCN(CC)S(=O)(=O)c1cccc(-c2nnc(SC(C)c3ccc(F)cc3)o2)c1. The molecule has 154 valence electrons. The Kier molecular flexibility index (Phi) is 6.71. The Morgan fingerprint density at radius 2 is 1.79 bits per heavy atom. The Morgan fingerprint density at radius 1 is 1.10 bits per heavy atom. The maximum atomic E-state index is 13.1. The third-order valence-corrected chi connectivity index (χ3v) is 7.49. The minimum Gasteiger partial charge on any atom is -0.411 e. The Morgan fingerprint density at radius 3 is 2.45 bits per heavy atom. The molecule has 1 aromatic heterocycles. The summed E-state index contributed by atoms with van der Waals surface area (Å²) >= 11 is 1.35. The van der Waals surface area contributed by atoms with Gasteiger partial charge in [0.25, 0.3) is 5.22 Å². The van der Waals surface area contributed by atoms with E-state index in [1.54, 1.807) is 50.2 Å². The van der Waals surface area contributed by atoms with Crippen molar-refractivity contribution in [3.8, 4) is 11.5 Å². The highest BCUT2D eigenvalue weighted by Crippen LogP contribution is 2.35. The lowest BCUT2D eigenvalue weighted by Crippen LogP contribution is -2.30. The van der Waals surface area contributed by atoms with Gasteiger partial charge in [0.05, 0.1) is 4.90 Å². The molecular formula is C20H22FN3O3S2. The molecule has 0 bridgehead atoms. The van der Waals surface area contributed by atoms with Crippen LogP contribution in [0.4, 0.5) is 4.39 Å². The van der Waals surface area contributed by atoms with Crippen LogP contribution >= 0.6 is 11.8 Å². The molecule has 9 heteroatoms. The van der Waals surface area contributed by atoms with Gasteiger partial charge in [-0.2, -0.15) is 4.31 Å². The van der Waals surface area contributed by atoms with Crippen LogP contribution in [0.3, 0.4) is 0 Å². The summed E-state index contributed by atoms with van der Waals surface area (Å²) in [5.41, 5.74) is 1.47. The lowest BCUT2D eigenvalue weighted by atomic mass is 10.2. The molecule has 0 radical (unpaired) electrons. The molecule has 0 saturated heterocycles. The van der Waals surface area contributed by atoms with Crippen LogP contribution in [0.5, 0.6) is 0 Å². The molecule has 0 aliphatic carbocycles. The normalized spacial score (nSPS) is 13.0. The first-order valence-electron chi connectivity index (χ1n) is 9.21. The van der Waals surface area contributed by atoms with Gasteiger partial charge in [-0.05, 0) is 42.8 Å². The van der Waals surface area contributed by atoms with Crippen LogP contribution in [0.25, 0.3) is 11.5 Å². The molecular weight excluding hydrogens is 413 g/mol. The topological polar surface area (TPSA) is 76.3 Å². The van der Waals surface area contributed by atoms with E-state index in [1.807, 2.05) is 6.92 Å². The molecule has 0 fully saturated rings. The predicted molar refractivity (Wildman–Crippen MR) is 111 cm³/mol. The van der Waals surface area contributed by atoms with Crippen LogP contribution in [0.2, 0.25) is 0 Å². The van der Waals surface area contributed by atoms with Crippen LogP contribution in [0, 0.1) is 5.82 Å². The van der Waals surface area contributed by atoms with Crippen molar-refractivity contribution in [1.82, 2.24) is 14.5 Å².